The second-order valence-electron chi connectivity index (χ2n) is 2.22. The van der Waals surface area contributed by atoms with Crippen molar-refractivity contribution in [3.05, 3.63) is 0 Å². The van der Waals surface area contributed by atoms with E-state index in [4.69, 9.17) is 0 Å². The molecule has 3 nitrogen and oxygen atoms in total. The maximum Gasteiger partial charge on any atom is 1.00 e. The third kappa shape index (κ3) is 4.22. The molecular weight excluding hydrogens is 249 g/mol. The fourth-order valence-electron chi connectivity index (χ4n) is 0.486. The maximum atomic E-state index is 12.1. The molecule has 0 aromatic rings. The zero-order chi connectivity index (χ0) is 11.7. The van der Waals surface area contributed by atoms with Gasteiger partial charge in [-0.25, -0.2) is 26.0 Å². The Kier molecular flexibility index (Phi) is 6.32. The van der Waals surface area contributed by atoms with Gasteiger partial charge in [0.1, 0.15) is 10.1 Å². The largest absolute Gasteiger partial charge is 1.00 e. The summed E-state index contributed by atoms with van der Waals surface area (Å²) in [7, 11) is -6.18. The van der Waals surface area contributed by atoms with Crippen LogP contribution in [0.4, 0.5) is 26.3 Å². The Morgan fingerprint density at radius 1 is 1.07 bits per heavy atom. The van der Waals surface area contributed by atoms with Crippen molar-refractivity contribution in [2.75, 3.05) is 0 Å². The Balaban J connectivity index is 0. The summed E-state index contributed by atoms with van der Waals surface area (Å²) in [5.41, 5.74) is -4.53. The monoisotopic (exact) mass is 252 g/mol. The summed E-state index contributed by atoms with van der Waals surface area (Å²) in [4.78, 5) is 0. The molecule has 2 atom stereocenters. The smallest absolute Gasteiger partial charge is 0.746 e. The van der Waals surface area contributed by atoms with E-state index in [2.05, 4.69) is 0 Å². The molecule has 0 rings (SSSR count). The molecular formula is C4H3F6LiO3S. The van der Waals surface area contributed by atoms with Gasteiger partial charge in [0.15, 0.2) is 0 Å². The van der Waals surface area contributed by atoms with E-state index in [0.717, 1.165) is 0 Å². The van der Waals surface area contributed by atoms with Crippen LogP contribution in [0.1, 0.15) is 0 Å². The molecule has 0 radical (unpaired) electrons. The molecule has 0 saturated carbocycles. The van der Waals surface area contributed by atoms with Gasteiger partial charge in [-0.1, -0.05) is 0 Å². The first-order chi connectivity index (χ1) is 6.01. The van der Waals surface area contributed by atoms with Gasteiger partial charge in [-0.2, -0.15) is 8.78 Å². The van der Waals surface area contributed by atoms with Crippen LogP contribution < -0.4 is 18.9 Å². The Hall–Kier alpha value is 0.0874. The van der Waals surface area contributed by atoms with Crippen molar-refractivity contribution in [3.63, 3.8) is 0 Å². The van der Waals surface area contributed by atoms with E-state index in [-0.39, 0.29) is 18.9 Å². The maximum absolute atomic E-state index is 12.1. The van der Waals surface area contributed by atoms with E-state index in [1.807, 2.05) is 0 Å². The minimum absolute atomic E-state index is 0. The predicted molar refractivity (Wildman–Crippen MR) is 30.4 cm³/mol. The third-order valence-corrected chi connectivity index (χ3v) is 1.97. The topological polar surface area (TPSA) is 57.2 Å². The number of rotatable bonds is 4. The summed E-state index contributed by atoms with van der Waals surface area (Å²) in [5, 5.41) is 0. The van der Waals surface area contributed by atoms with Gasteiger partial charge in [0.2, 0.25) is 6.17 Å². The normalized spacial score (nSPS) is 17.1. The summed E-state index contributed by atoms with van der Waals surface area (Å²) in [6.45, 7) is 0. The Bertz CT molecular complexity index is 293. The van der Waals surface area contributed by atoms with Gasteiger partial charge >= 0.3 is 24.8 Å². The molecule has 0 aromatic heterocycles. The van der Waals surface area contributed by atoms with Crippen molar-refractivity contribution < 1.29 is 58.2 Å². The number of halogens is 6. The summed E-state index contributed by atoms with van der Waals surface area (Å²) in [6.07, 6.45) is -8.63. The summed E-state index contributed by atoms with van der Waals surface area (Å²) in [5.74, 6) is -5.56. The predicted octanol–water partition coefficient (Wildman–Crippen LogP) is -1.93. The zero-order valence-electron chi connectivity index (χ0n) is 7.13. The minimum atomic E-state index is -6.18. The van der Waals surface area contributed by atoms with Crippen molar-refractivity contribution in [2.24, 2.45) is 0 Å². The molecule has 0 aliphatic rings. The van der Waals surface area contributed by atoms with Crippen LogP contribution in [0.3, 0.4) is 0 Å². The Morgan fingerprint density at radius 2 is 1.40 bits per heavy atom. The molecule has 0 spiro atoms. The standard InChI is InChI=1S/C4H4F6O3S.Li/c5-1(2(6)7)4(9,10)3(8)14(11,12)13;/h1-3H,(H,11,12,13);/q;+1/p-1. The van der Waals surface area contributed by atoms with Crippen LogP contribution in [0.25, 0.3) is 0 Å². The first-order valence-corrected chi connectivity index (χ1v) is 4.37. The molecule has 11 heteroatoms. The van der Waals surface area contributed by atoms with E-state index in [9.17, 15) is 39.3 Å². The Labute approximate surface area is 92.8 Å². The third-order valence-electron chi connectivity index (χ3n) is 1.14. The minimum Gasteiger partial charge on any atom is -0.746 e. The van der Waals surface area contributed by atoms with Gasteiger partial charge in [0.05, 0.1) is 0 Å². The van der Waals surface area contributed by atoms with E-state index < -0.39 is 34.1 Å². The first kappa shape index (κ1) is 17.5. The van der Waals surface area contributed by atoms with Crippen molar-refractivity contribution in [1.82, 2.24) is 0 Å². The van der Waals surface area contributed by atoms with Crippen molar-refractivity contribution in [3.8, 4) is 0 Å². The van der Waals surface area contributed by atoms with Crippen molar-refractivity contribution in [2.45, 2.75) is 24.0 Å². The number of hydrogen-bond donors (Lipinski definition) is 0. The van der Waals surface area contributed by atoms with Crippen LogP contribution in [0.15, 0.2) is 0 Å². The van der Waals surface area contributed by atoms with Gasteiger partial charge in [-0.15, -0.1) is 0 Å². The molecule has 2 unspecified atom stereocenters. The van der Waals surface area contributed by atoms with Crippen molar-refractivity contribution >= 4 is 10.1 Å². The quantitative estimate of drug-likeness (QED) is 0.332. The fraction of sp³-hybridized carbons (Fsp3) is 1.00. The molecule has 0 aromatic carbocycles. The number of alkyl halides is 6. The average Bonchev–Trinajstić information content (AvgIpc) is 1.99. The van der Waals surface area contributed by atoms with Crippen LogP contribution in [0.5, 0.6) is 0 Å². The zero-order valence-corrected chi connectivity index (χ0v) is 7.95. The summed E-state index contributed by atoms with van der Waals surface area (Å²) in [6, 6.07) is 0. The molecule has 0 aliphatic heterocycles. The molecule has 0 bridgehead atoms. The second-order valence-corrected chi connectivity index (χ2v) is 3.62. The van der Waals surface area contributed by atoms with Gasteiger partial charge in [0.25, 0.3) is 11.9 Å². The summed E-state index contributed by atoms with van der Waals surface area (Å²) < 4.78 is 100. The average molecular weight is 252 g/mol. The first-order valence-electron chi connectivity index (χ1n) is 2.90. The van der Waals surface area contributed by atoms with Crippen LogP contribution in [0.2, 0.25) is 0 Å². The molecule has 0 fully saturated rings. The molecule has 0 heterocycles. The van der Waals surface area contributed by atoms with Crippen LogP contribution in [-0.2, 0) is 10.1 Å². The van der Waals surface area contributed by atoms with E-state index in [1.54, 1.807) is 0 Å². The second kappa shape index (κ2) is 5.43. The van der Waals surface area contributed by atoms with Gasteiger partial charge in [-0.05, 0) is 0 Å². The van der Waals surface area contributed by atoms with E-state index >= 15 is 0 Å². The molecule has 86 valence electrons. The SMILES string of the molecule is O=S(=O)([O-])C(F)C(F)(F)C(F)C(F)F.[Li+]. The molecule has 0 aliphatic carbocycles. The molecule has 15 heavy (non-hydrogen) atoms. The fourth-order valence-corrected chi connectivity index (χ4v) is 1.00. The van der Waals surface area contributed by atoms with Gasteiger partial charge < -0.3 is 4.55 Å². The van der Waals surface area contributed by atoms with E-state index in [1.165, 1.54) is 0 Å². The van der Waals surface area contributed by atoms with Crippen LogP contribution >= 0.6 is 0 Å². The van der Waals surface area contributed by atoms with Crippen molar-refractivity contribution in [1.29, 1.82) is 0 Å². The van der Waals surface area contributed by atoms with Crippen LogP contribution in [0, 0.1) is 0 Å². The molecule has 0 saturated heterocycles. The van der Waals surface area contributed by atoms with Gasteiger partial charge in [0, 0.05) is 0 Å². The van der Waals surface area contributed by atoms with Crippen LogP contribution in [-0.4, -0.2) is 37.0 Å². The summed E-state index contributed by atoms with van der Waals surface area (Å²) >= 11 is 0. The number of hydrogen-bond acceptors (Lipinski definition) is 3. The van der Waals surface area contributed by atoms with E-state index in [0.29, 0.717) is 0 Å². The molecule has 0 N–H and O–H groups in total. The Morgan fingerprint density at radius 3 is 1.60 bits per heavy atom. The van der Waals surface area contributed by atoms with Gasteiger partial charge in [-0.3, -0.25) is 0 Å². The molecule has 0 amide bonds.